The molecule has 0 aromatic rings. The molecule has 2 saturated heterocycles. The zero-order valence-corrected chi connectivity index (χ0v) is 10.3. The molecule has 2 aliphatic rings. The Balaban J connectivity index is 1.87. The van der Waals surface area contributed by atoms with Crippen molar-refractivity contribution in [1.29, 1.82) is 0 Å². The fourth-order valence-electron chi connectivity index (χ4n) is 2.32. The molecule has 0 radical (unpaired) electrons. The summed E-state index contributed by atoms with van der Waals surface area (Å²) in [6.07, 6.45) is 2.38. The number of carbonyl (C=O) groups excluding carboxylic acids is 1. The van der Waals surface area contributed by atoms with Gasteiger partial charge in [0.1, 0.15) is 0 Å². The van der Waals surface area contributed by atoms with E-state index in [9.17, 15) is 4.79 Å². The molecule has 0 N–H and O–H groups in total. The van der Waals surface area contributed by atoms with Crippen molar-refractivity contribution in [2.45, 2.75) is 25.8 Å². The average molecular weight is 228 g/mol. The van der Waals surface area contributed by atoms with Crippen LogP contribution in [0.25, 0.3) is 0 Å². The van der Waals surface area contributed by atoms with Gasteiger partial charge in [0.2, 0.25) is 5.91 Å². The Morgan fingerprint density at radius 1 is 1.13 bits per heavy atom. The molecule has 1 atom stereocenters. The predicted octanol–water partition coefficient (Wildman–Crippen LogP) is 1.05. The molecule has 1 unspecified atom stereocenters. The van der Waals surface area contributed by atoms with Crippen LogP contribution in [-0.2, 0) is 4.79 Å². The zero-order chi connectivity index (χ0) is 10.7. The van der Waals surface area contributed by atoms with Crippen LogP contribution in [0.1, 0.15) is 19.8 Å². The molecule has 2 heterocycles. The largest absolute Gasteiger partial charge is 0.341 e. The second-order valence-corrected chi connectivity index (χ2v) is 5.58. The number of thioether (sulfide) groups is 1. The minimum absolute atomic E-state index is 0.101. The molecule has 4 heteroatoms. The van der Waals surface area contributed by atoms with Crippen molar-refractivity contribution in [3.63, 3.8) is 0 Å². The standard InChI is InChI=1S/C11H20N2OS/c1-10(12-6-8-15-9-7-12)11(14)13-4-2-3-5-13/h10H,2-9H2,1H3. The highest BCUT2D eigenvalue weighted by atomic mass is 32.2. The van der Waals surface area contributed by atoms with Gasteiger partial charge >= 0.3 is 0 Å². The van der Waals surface area contributed by atoms with Gasteiger partial charge in [0, 0.05) is 37.7 Å². The first-order chi connectivity index (χ1) is 7.29. The first kappa shape index (κ1) is 11.3. The van der Waals surface area contributed by atoms with E-state index in [1.165, 1.54) is 24.3 Å². The lowest BCUT2D eigenvalue weighted by molar-refractivity contribution is -0.135. The number of hydrogen-bond donors (Lipinski definition) is 0. The van der Waals surface area contributed by atoms with E-state index in [4.69, 9.17) is 0 Å². The molecular weight excluding hydrogens is 208 g/mol. The lowest BCUT2D eigenvalue weighted by Crippen LogP contribution is -2.49. The lowest BCUT2D eigenvalue weighted by Gasteiger charge is -2.33. The van der Waals surface area contributed by atoms with E-state index < -0.39 is 0 Å². The van der Waals surface area contributed by atoms with Gasteiger partial charge in [0.15, 0.2) is 0 Å². The number of nitrogens with zero attached hydrogens (tertiary/aromatic N) is 2. The third-order valence-electron chi connectivity index (χ3n) is 3.37. The van der Waals surface area contributed by atoms with Crippen LogP contribution >= 0.6 is 11.8 Å². The number of amides is 1. The van der Waals surface area contributed by atoms with Gasteiger partial charge in [-0.1, -0.05) is 0 Å². The topological polar surface area (TPSA) is 23.6 Å². The number of rotatable bonds is 2. The molecule has 0 spiro atoms. The SMILES string of the molecule is CC(C(=O)N1CCCC1)N1CCSCC1. The quantitative estimate of drug-likeness (QED) is 0.706. The van der Waals surface area contributed by atoms with E-state index in [-0.39, 0.29) is 6.04 Å². The van der Waals surface area contributed by atoms with E-state index in [1.807, 2.05) is 16.7 Å². The smallest absolute Gasteiger partial charge is 0.239 e. The van der Waals surface area contributed by atoms with Gasteiger partial charge in [0.25, 0.3) is 0 Å². The molecule has 0 saturated carbocycles. The van der Waals surface area contributed by atoms with Crippen molar-refractivity contribution in [1.82, 2.24) is 9.80 Å². The Hall–Kier alpha value is -0.220. The summed E-state index contributed by atoms with van der Waals surface area (Å²) in [5, 5.41) is 0. The number of hydrogen-bond acceptors (Lipinski definition) is 3. The number of carbonyl (C=O) groups is 1. The summed E-state index contributed by atoms with van der Waals surface area (Å²) in [6.45, 7) is 6.17. The van der Waals surface area contributed by atoms with Crippen molar-refractivity contribution in [2.75, 3.05) is 37.7 Å². The third-order valence-corrected chi connectivity index (χ3v) is 4.31. The predicted molar refractivity (Wildman–Crippen MR) is 64.2 cm³/mol. The fraction of sp³-hybridized carbons (Fsp3) is 0.909. The number of likely N-dealkylation sites (tertiary alicyclic amines) is 1. The maximum Gasteiger partial charge on any atom is 0.239 e. The minimum atomic E-state index is 0.101. The second kappa shape index (κ2) is 5.21. The normalized spacial score (nSPS) is 25.5. The maximum atomic E-state index is 12.1. The lowest BCUT2D eigenvalue weighted by atomic mass is 10.2. The van der Waals surface area contributed by atoms with Crippen LogP contribution in [0.5, 0.6) is 0 Å². The Morgan fingerprint density at radius 3 is 2.33 bits per heavy atom. The van der Waals surface area contributed by atoms with Crippen LogP contribution in [0.4, 0.5) is 0 Å². The molecule has 2 fully saturated rings. The summed E-state index contributed by atoms with van der Waals surface area (Å²) >= 11 is 1.99. The summed E-state index contributed by atoms with van der Waals surface area (Å²) in [4.78, 5) is 16.5. The molecule has 2 aliphatic heterocycles. The molecule has 86 valence electrons. The molecule has 3 nitrogen and oxygen atoms in total. The molecule has 15 heavy (non-hydrogen) atoms. The van der Waals surface area contributed by atoms with Crippen molar-refractivity contribution in [3.05, 3.63) is 0 Å². The van der Waals surface area contributed by atoms with Crippen molar-refractivity contribution in [3.8, 4) is 0 Å². The summed E-state index contributed by atoms with van der Waals surface area (Å²) in [6, 6.07) is 0.101. The van der Waals surface area contributed by atoms with E-state index in [2.05, 4.69) is 11.8 Å². The molecule has 0 aromatic heterocycles. The van der Waals surface area contributed by atoms with E-state index >= 15 is 0 Å². The van der Waals surface area contributed by atoms with E-state index in [0.29, 0.717) is 5.91 Å². The zero-order valence-electron chi connectivity index (χ0n) is 9.45. The maximum absolute atomic E-state index is 12.1. The second-order valence-electron chi connectivity index (χ2n) is 4.36. The van der Waals surface area contributed by atoms with Gasteiger partial charge < -0.3 is 4.90 Å². The van der Waals surface area contributed by atoms with Gasteiger partial charge in [-0.3, -0.25) is 9.69 Å². The van der Waals surface area contributed by atoms with Crippen molar-refractivity contribution in [2.24, 2.45) is 0 Å². The van der Waals surface area contributed by atoms with E-state index in [0.717, 1.165) is 26.2 Å². The molecular formula is C11H20N2OS. The van der Waals surface area contributed by atoms with Gasteiger partial charge in [-0.25, -0.2) is 0 Å². The van der Waals surface area contributed by atoms with Crippen LogP contribution in [0.2, 0.25) is 0 Å². The molecule has 0 aliphatic carbocycles. The molecule has 0 bridgehead atoms. The fourth-order valence-corrected chi connectivity index (χ4v) is 3.25. The molecule has 1 amide bonds. The molecule has 2 rings (SSSR count). The Labute approximate surface area is 96.2 Å². The summed E-state index contributed by atoms with van der Waals surface area (Å²) < 4.78 is 0. The first-order valence-electron chi connectivity index (χ1n) is 5.89. The monoisotopic (exact) mass is 228 g/mol. The Kier molecular flexibility index (Phi) is 3.92. The van der Waals surface area contributed by atoms with Gasteiger partial charge in [-0.05, 0) is 19.8 Å². The van der Waals surface area contributed by atoms with Crippen LogP contribution < -0.4 is 0 Å². The third kappa shape index (κ3) is 2.67. The summed E-state index contributed by atoms with van der Waals surface area (Å²) in [5.74, 6) is 2.70. The van der Waals surface area contributed by atoms with Crippen LogP contribution in [-0.4, -0.2) is 59.4 Å². The highest BCUT2D eigenvalue weighted by Crippen LogP contribution is 2.16. The van der Waals surface area contributed by atoms with Crippen LogP contribution in [0.3, 0.4) is 0 Å². The summed E-state index contributed by atoms with van der Waals surface area (Å²) in [7, 11) is 0. The highest BCUT2D eigenvalue weighted by Gasteiger charge is 2.28. The average Bonchev–Trinajstić information content (AvgIpc) is 2.82. The minimum Gasteiger partial charge on any atom is -0.341 e. The first-order valence-corrected chi connectivity index (χ1v) is 7.05. The Morgan fingerprint density at radius 2 is 1.73 bits per heavy atom. The van der Waals surface area contributed by atoms with Gasteiger partial charge in [0.05, 0.1) is 6.04 Å². The highest BCUT2D eigenvalue weighted by molar-refractivity contribution is 7.99. The van der Waals surface area contributed by atoms with Crippen molar-refractivity contribution < 1.29 is 4.79 Å². The van der Waals surface area contributed by atoms with Gasteiger partial charge in [-0.15, -0.1) is 0 Å². The van der Waals surface area contributed by atoms with Crippen LogP contribution in [0.15, 0.2) is 0 Å². The summed E-state index contributed by atoms with van der Waals surface area (Å²) in [5.41, 5.74) is 0. The van der Waals surface area contributed by atoms with Crippen LogP contribution in [0, 0.1) is 0 Å². The van der Waals surface area contributed by atoms with Crippen molar-refractivity contribution >= 4 is 17.7 Å². The van der Waals surface area contributed by atoms with E-state index in [1.54, 1.807) is 0 Å². The van der Waals surface area contributed by atoms with Gasteiger partial charge in [-0.2, -0.15) is 11.8 Å². The molecule has 0 aromatic carbocycles. The Bertz CT molecular complexity index is 223.